The van der Waals surface area contributed by atoms with E-state index >= 15 is 0 Å². The van der Waals surface area contributed by atoms with Crippen molar-refractivity contribution >= 4 is 17.7 Å². The van der Waals surface area contributed by atoms with Gasteiger partial charge in [-0.05, 0) is 17.7 Å². The Morgan fingerprint density at radius 2 is 2.33 bits per heavy atom. The maximum atomic E-state index is 13.0. The van der Waals surface area contributed by atoms with Gasteiger partial charge in [-0.3, -0.25) is 4.68 Å². The molecule has 0 aliphatic rings. The molecule has 0 atom stereocenters. The smallest absolute Gasteiger partial charge is 0.336 e. The Labute approximate surface area is 107 Å². The molecular formula is C12H11FN2O2S. The molecule has 6 heteroatoms. The number of nitrogens with zero attached hydrogens (tertiary/aromatic N) is 2. The van der Waals surface area contributed by atoms with E-state index in [9.17, 15) is 9.18 Å². The summed E-state index contributed by atoms with van der Waals surface area (Å²) in [5.41, 5.74) is 0.601. The highest BCUT2D eigenvalue weighted by Gasteiger charge is 2.11. The molecule has 1 aromatic carbocycles. The summed E-state index contributed by atoms with van der Waals surface area (Å²) in [6.45, 7) is 0. The molecule has 0 saturated heterocycles. The number of aromatic carboxylic acids is 1. The number of thioether (sulfide) groups is 1. The first-order valence-corrected chi connectivity index (χ1v) is 6.18. The fourth-order valence-electron chi connectivity index (χ4n) is 1.51. The second-order valence-corrected chi connectivity index (χ2v) is 4.79. The Bertz CT molecular complexity index is 583. The number of aromatic nitrogens is 2. The van der Waals surface area contributed by atoms with Gasteiger partial charge in [0.2, 0.25) is 0 Å². The standard InChI is InChI=1S/C12H11FN2O2S/c1-15-6-10(5-14-15)18-7-8-2-3-9(13)4-11(8)12(16)17/h2-6H,7H2,1H3,(H,16,17). The number of hydrogen-bond donors (Lipinski definition) is 1. The number of hydrogen-bond acceptors (Lipinski definition) is 3. The quantitative estimate of drug-likeness (QED) is 0.864. The van der Waals surface area contributed by atoms with Gasteiger partial charge in [-0.15, -0.1) is 11.8 Å². The Morgan fingerprint density at radius 3 is 2.94 bits per heavy atom. The van der Waals surface area contributed by atoms with Gasteiger partial charge in [-0.1, -0.05) is 6.07 Å². The van der Waals surface area contributed by atoms with Crippen LogP contribution in [0.1, 0.15) is 15.9 Å². The summed E-state index contributed by atoms with van der Waals surface area (Å²) in [5, 5.41) is 13.0. The number of carbonyl (C=O) groups is 1. The molecule has 1 N–H and O–H groups in total. The molecule has 0 unspecified atom stereocenters. The lowest BCUT2D eigenvalue weighted by Crippen LogP contribution is -2.02. The molecule has 0 amide bonds. The van der Waals surface area contributed by atoms with E-state index in [2.05, 4.69) is 5.10 Å². The zero-order valence-electron chi connectivity index (χ0n) is 9.63. The van der Waals surface area contributed by atoms with Crippen LogP contribution in [0, 0.1) is 5.82 Å². The van der Waals surface area contributed by atoms with Crippen LogP contribution in [-0.2, 0) is 12.8 Å². The summed E-state index contributed by atoms with van der Waals surface area (Å²) in [4.78, 5) is 11.9. The topological polar surface area (TPSA) is 55.1 Å². The van der Waals surface area contributed by atoms with Gasteiger partial charge in [0.1, 0.15) is 5.82 Å². The fourth-order valence-corrected chi connectivity index (χ4v) is 2.43. The van der Waals surface area contributed by atoms with Crippen LogP contribution in [0.25, 0.3) is 0 Å². The van der Waals surface area contributed by atoms with Crippen LogP contribution in [-0.4, -0.2) is 20.9 Å². The Hall–Kier alpha value is -1.82. The highest BCUT2D eigenvalue weighted by atomic mass is 32.2. The summed E-state index contributed by atoms with van der Waals surface area (Å²) < 4.78 is 14.7. The van der Waals surface area contributed by atoms with Gasteiger partial charge in [-0.2, -0.15) is 5.10 Å². The average molecular weight is 266 g/mol. The van der Waals surface area contributed by atoms with Crippen molar-refractivity contribution < 1.29 is 14.3 Å². The lowest BCUT2D eigenvalue weighted by molar-refractivity contribution is 0.0695. The lowest BCUT2D eigenvalue weighted by Gasteiger charge is -2.05. The number of benzene rings is 1. The van der Waals surface area contributed by atoms with Gasteiger partial charge in [-0.25, -0.2) is 9.18 Å². The SMILES string of the molecule is Cn1cc(SCc2ccc(F)cc2C(=O)O)cn1. The van der Waals surface area contributed by atoms with Crippen LogP contribution in [0.5, 0.6) is 0 Å². The van der Waals surface area contributed by atoms with E-state index in [0.717, 1.165) is 11.0 Å². The molecule has 0 aliphatic heterocycles. The maximum Gasteiger partial charge on any atom is 0.336 e. The average Bonchev–Trinajstić information content (AvgIpc) is 2.73. The minimum Gasteiger partial charge on any atom is -0.478 e. The molecule has 0 saturated carbocycles. The third-order valence-electron chi connectivity index (χ3n) is 2.38. The zero-order chi connectivity index (χ0) is 13.1. The summed E-state index contributed by atoms with van der Waals surface area (Å²) in [6, 6.07) is 3.81. The van der Waals surface area contributed by atoms with Crippen LogP contribution in [0.2, 0.25) is 0 Å². The Morgan fingerprint density at radius 1 is 1.56 bits per heavy atom. The number of carboxylic acids is 1. The van der Waals surface area contributed by atoms with Crippen molar-refractivity contribution in [1.82, 2.24) is 9.78 Å². The number of rotatable bonds is 4. The largest absolute Gasteiger partial charge is 0.478 e. The predicted molar refractivity (Wildman–Crippen MR) is 66.1 cm³/mol. The second-order valence-electron chi connectivity index (χ2n) is 3.75. The molecule has 1 aromatic heterocycles. The molecule has 0 radical (unpaired) electrons. The molecule has 2 aromatic rings. The van der Waals surface area contributed by atoms with Crippen LogP contribution in [0.4, 0.5) is 4.39 Å². The van der Waals surface area contributed by atoms with Crippen molar-refractivity contribution in [3.8, 4) is 0 Å². The molecule has 2 rings (SSSR count). The third-order valence-corrected chi connectivity index (χ3v) is 3.38. The van der Waals surface area contributed by atoms with Crippen molar-refractivity contribution in [3.63, 3.8) is 0 Å². The predicted octanol–water partition coefficient (Wildman–Crippen LogP) is 2.55. The first-order valence-electron chi connectivity index (χ1n) is 5.19. The van der Waals surface area contributed by atoms with Gasteiger partial charge >= 0.3 is 5.97 Å². The molecule has 4 nitrogen and oxygen atoms in total. The minimum absolute atomic E-state index is 0.00592. The maximum absolute atomic E-state index is 13.0. The summed E-state index contributed by atoms with van der Waals surface area (Å²) in [7, 11) is 1.81. The van der Waals surface area contributed by atoms with Gasteiger partial charge in [0.25, 0.3) is 0 Å². The van der Waals surface area contributed by atoms with Crippen LogP contribution in [0.3, 0.4) is 0 Å². The molecule has 94 valence electrons. The summed E-state index contributed by atoms with van der Waals surface area (Å²) in [5.74, 6) is -1.19. The molecular weight excluding hydrogens is 255 g/mol. The fraction of sp³-hybridized carbons (Fsp3) is 0.167. The second kappa shape index (κ2) is 5.22. The van der Waals surface area contributed by atoms with Crippen molar-refractivity contribution in [2.45, 2.75) is 10.6 Å². The molecule has 0 spiro atoms. The normalized spacial score (nSPS) is 10.6. The number of halogens is 1. The van der Waals surface area contributed by atoms with E-state index in [-0.39, 0.29) is 5.56 Å². The van der Waals surface area contributed by atoms with Crippen LogP contribution in [0.15, 0.2) is 35.5 Å². The van der Waals surface area contributed by atoms with Crippen molar-refractivity contribution in [3.05, 3.63) is 47.5 Å². The number of aryl methyl sites for hydroxylation is 1. The third kappa shape index (κ3) is 2.89. The zero-order valence-corrected chi connectivity index (χ0v) is 10.4. The van der Waals surface area contributed by atoms with Gasteiger partial charge in [0, 0.05) is 23.9 Å². The van der Waals surface area contributed by atoms with Crippen molar-refractivity contribution in [2.24, 2.45) is 7.05 Å². The van der Waals surface area contributed by atoms with E-state index in [1.54, 1.807) is 10.9 Å². The summed E-state index contributed by atoms with van der Waals surface area (Å²) >= 11 is 1.46. The monoisotopic (exact) mass is 266 g/mol. The van der Waals surface area contributed by atoms with Crippen molar-refractivity contribution in [1.29, 1.82) is 0 Å². The van der Waals surface area contributed by atoms with Crippen molar-refractivity contribution in [2.75, 3.05) is 0 Å². The van der Waals surface area contributed by atoms with E-state index in [0.29, 0.717) is 11.3 Å². The first-order chi connectivity index (χ1) is 8.56. The van der Waals surface area contributed by atoms with Gasteiger partial charge in [0.05, 0.1) is 11.8 Å². The first kappa shape index (κ1) is 12.6. The van der Waals surface area contributed by atoms with E-state index in [1.165, 1.54) is 23.9 Å². The van der Waals surface area contributed by atoms with E-state index < -0.39 is 11.8 Å². The number of carboxylic acid groups (broad SMARTS) is 1. The molecule has 0 bridgehead atoms. The summed E-state index contributed by atoms with van der Waals surface area (Å²) in [6.07, 6.45) is 3.54. The molecule has 18 heavy (non-hydrogen) atoms. The highest BCUT2D eigenvalue weighted by Crippen LogP contribution is 2.24. The molecule has 1 heterocycles. The van der Waals surface area contributed by atoms with E-state index in [4.69, 9.17) is 5.11 Å². The van der Waals surface area contributed by atoms with Crippen LogP contribution < -0.4 is 0 Å². The molecule has 0 aliphatic carbocycles. The lowest BCUT2D eigenvalue weighted by atomic mass is 10.1. The Balaban J connectivity index is 2.16. The Kier molecular flexibility index (Phi) is 3.66. The van der Waals surface area contributed by atoms with E-state index in [1.807, 2.05) is 13.2 Å². The van der Waals surface area contributed by atoms with Crippen LogP contribution >= 0.6 is 11.8 Å². The highest BCUT2D eigenvalue weighted by molar-refractivity contribution is 7.98. The molecule has 0 fully saturated rings. The van der Waals surface area contributed by atoms with Gasteiger partial charge < -0.3 is 5.11 Å². The van der Waals surface area contributed by atoms with Gasteiger partial charge in [0.15, 0.2) is 0 Å². The minimum atomic E-state index is -1.11.